The molecule has 1 aromatic heterocycles. The van der Waals surface area contributed by atoms with Gasteiger partial charge in [0.05, 0.1) is 6.04 Å². The first-order chi connectivity index (χ1) is 9.72. The zero-order valence-corrected chi connectivity index (χ0v) is 11.9. The Bertz CT molecular complexity index is 751. The molecule has 4 heteroatoms. The molecule has 0 saturated heterocycles. The highest BCUT2D eigenvalue weighted by Crippen LogP contribution is 2.33. The fourth-order valence-corrected chi connectivity index (χ4v) is 3.53. The Hall–Kier alpha value is -1.75. The molecule has 1 atom stereocenters. The predicted molar refractivity (Wildman–Crippen MR) is 82.1 cm³/mol. The van der Waals surface area contributed by atoms with E-state index in [9.17, 15) is 4.39 Å². The number of hydrazine groups is 1. The molecule has 3 aromatic rings. The van der Waals surface area contributed by atoms with Crippen LogP contribution in [-0.4, -0.2) is 0 Å². The molecule has 1 unspecified atom stereocenters. The molecular formula is C16H15FN2S. The van der Waals surface area contributed by atoms with Crippen molar-refractivity contribution >= 4 is 22.1 Å². The van der Waals surface area contributed by atoms with E-state index in [2.05, 4.69) is 18.4 Å². The van der Waals surface area contributed by atoms with Crippen molar-refractivity contribution in [3.05, 3.63) is 69.7 Å². The minimum Gasteiger partial charge on any atom is -0.271 e. The first-order valence-corrected chi connectivity index (χ1v) is 7.27. The second-order valence-electron chi connectivity index (χ2n) is 4.75. The SMILES string of the molecule is Cc1ccsc1C(NN)c1ccc(F)c2ccccc12. The second kappa shape index (κ2) is 5.32. The summed E-state index contributed by atoms with van der Waals surface area (Å²) in [4.78, 5) is 1.16. The van der Waals surface area contributed by atoms with Crippen LogP contribution in [0.1, 0.15) is 22.0 Å². The Labute approximate surface area is 121 Å². The van der Waals surface area contributed by atoms with Crippen molar-refractivity contribution < 1.29 is 4.39 Å². The van der Waals surface area contributed by atoms with Crippen molar-refractivity contribution in [2.75, 3.05) is 0 Å². The first-order valence-electron chi connectivity index (χ1n) is 6.39. The van der Waals surface area contributed by atoms with Gasteiger partial charge in [-0.25, -0.2) is 9.82 Å². The number of halogens is 1. The van der Waals surface area contributed by atoms with Crippen LogP contribution in [0.25, 0.3) is 10.8 Å². The summed E-state index contributed by atoms with van der Waals surface area (Å²) in [5.74, 6) is 5.55. The number of nitrogens with one attached hydrogen (secondary N) is 1. The lowest BCUT2D eigenvalue weighted by molar-refractivity contribution is 0.630. The van der Waals surface area contributed by atoms with Crippen LogP contribution in [0.3, 0.4) is 0 Å². The van der Waals surface area contributed by atoms with Crippen LogP contribution in [-0.2, 0) is 0 Å². The molecule has 3 rings (SSSR count). The third-order valence-electron chi connectivity index (χ3n) is 3.55. The van der Waals surface area contributed by atoms with E-state index in [-0.39, 0.29) is 11.9 Å². The summed E-state index contributed by atoms with van der Waals surface area (Å²) in [7, 11) is 0. The molecule has 102 valence electrons. The van der Waals surface area contributed by atoms with E-state index < -0.39 is 0 Å². The Balaban J connectivity index is 2.23. The molecule has 1 heterocycles. The number of benzene rings is 2. The van der Waals surface area contributed by atoms with Crippen molar-refractivity contribution in [2.24, 2.45) is 5.84 Å². The minimum absolute atomic E-state index is 0.125. The van der Waals surface area contributed by atoms with E-state index in [4.69, 9.17) is 5.84 Å². The third kappa shape index (κ3) is 2.12. The van der Waals surface area contributed by atoms with Gasteiger partial charge < -0.3 is 0 Å². The van der Waals surface area contributed by atoms with Gasteiger partial charge in [-0.2, -0.15) is 0 Å². The van der Waals surface area contributed by atoms with Crippen molar-refractivity contribution in [1.29, 1.82) is 0 Å². The molecule has 0 radical (unpaired) electrons. The molecular weight excluding hydrogens is 271 g/mol. The van der Waals surface area contributed by atoms with Crippen LogP contribution in [0.15, 0.2) is 47.8 Å². The molecule has 2 aromatic carbocycles. The van der Waals surface area contributed by atoms with Crippen molar-refractivity contribution in [3.8, 4) is 0 Å². The normalized spacial score (nSPS) is 12.8. The topological polar surface area (TPSA) is 38.0 Å². The largest absolute Gasteiger partial charge is 0.271 e. The van der Waals surface area contributed by atoms with E-state index >= 15 is 0 Å². The molecule has 0 amide bonds. The highest BCUT2D eigenvalue weighted by molar-refractivity contribution is 7.10. The molecule has 0 aliphatic carbocycles. The van der Waals surface area contributed by atoms with Gasteiger partial charge in [-0.1, -0.05) is 30.3 Å². The van der Waals surface area contributed by atoms with E-state index in [1.54, 1.807) is 23.5 Å². The van der Waals surface area contributed by atoms with Gasteiger partial charge in [0.25, 0.3) is 0 Å². The van der Waals surface area contributed by atoms with Gasteiger partial charge >= 0.3 is 0 Å². The zero-order chi connectivity index (χ0) is 14.1. The maximum Gasteiger partial charge on any atom is 0.131 e. The van der Waals surface area contributed by atoms with Crippen LogP contribution in [0.5, 0.6) is 0 Å². The number of fused-ring (bicyclic) bond motifs is 1. The van der Waals surface area contributed by atoms with E-state index in [1.807, 2.05) is 23.6 Å². The summed E-state index contributed by atoms with van der Waals surface area (Å²) in [6.45, 7) is 2.06. The van der Waals surface area contributed by atoms with Crippen LogP contribution < -0.4 is 11.3 Å². The molecule has 0 fully saturated rings. The third-order valence-corrected chi connectivity index (χ3v) is 4.63. The molecule has 2 nitrogen and oxygen atoms in total. The van der Waals surface area contributed by atoms with Gasteiger partial charge in [0.15, 0.2) is 0 Å². The average molecular weight is 286 g/mol. The fraction of sp³-hybridized carbons (Fsp3) is 0.125. The number of nitrogens with two attached hydrogens (primary N) is 1. The zero-order valence-electron chi connectivity index (χ0n) is 11.1. The Morgan fingerprint density at radius 1 is 1.10 bits per heavy atom. The van der Waals surface area contributed by atoms with Gasteiger partial charge in [-0.15, -0.1) is 11.3 Å². The number of rotatable bonds is 3. The van der Waals surface area contributed by atoms with Gasteiger partial charge in [-0.3, -0.25) is 5.84 Å². The highest BCUT2D eigenvalue weighted by atomic mass is 32.1. The van der Waals surface area contributed by atoms with Gasteiger partial charge in [0.1, 0.15) is 5.82 Å². The summed E-state index contributed by atoms with van der Waals surface area (Å²) >= 11 is 1.65. The van der Waals surface area contributed by atoms with Crippen molar-refractivity contribution in [2.45, 2.75) is 13.0 Å². The predicted octanol–water partition coefficient (Wildman–Crippen LogP) is 3.90. The van der Waals surface area contributed by atoms with Crippen LogP contribution >= 0.6 is 11.3 Å². The minimum atomic E-state index is -0.206. The van der Waals surface area contributed by atoms with Crippen molar-refractivity contribution in [1.82, 2.24) is 5.43 Å². The van der Waals surface area contributed by atoms with Gasteiger partial charge in [-0.05, 0) is 40.9 Å². The molecule has 20 heavy (non-hydrogen) atoms. The van der Waals surface area contributed by atoms with Crippen LogP contribution in [0, 0.1) is 12.7 Å². The maximum atomic E-state index is 13.9. The molecule has 3 N–H and O–H groups in total. The Morgan fingerprint density at radius 3 is 2.50 bits per heavy atom. The first kappa shape index (κ1) is 13.2. The molecule has 0 saturated carbocycles. The summed E-state index contributed by atoms with van der Waals surface area (Å²) in [6.07, 6.45) is 0. The van der Waals surface area contributed by atoms with Crippen LogP contribution in [0.2, 0.25) is 0 Å². The van der Waals surface area contributed by atoms with E-state index in [1.165, 1.54) is 11.6 Å². The molecule has 0 spiro atoms. The lowest BCUT2D eigenvalue weighted by atomic mass is 9.96. The van der Waals surface area contributed by atoms with Crippen molar-refractivity contribution in [3.63, 3.8) is 0 Å². The van der Waals surface area contributed by atoms with Crippen LogP contribution in [0.4, 0.5) is 4.39 Å². The Morgan fingerprint density at radius 2 is 1.85 bits per heavy atom. The lowest BCUT2D eigenvalue weighted by Crippen LogP contribution is -2.28. The fourth-order valence-electron chi connectivity index (χ4n) is 2.52. The average Bonchev–Trinajstić information content (AvgIpc) is 2.89. The number of hydrogen-bond donors (Lipinski definition) is 2. The highest BCUT2D eigenvalue weighted by Gasteiger charge is 2.19. The molecule has 0 aliphatic rings. The lowest BCUT2D eigenvalue weighted by Gasteiger charge is -2.18. The summed E-state index contributed by atoms with van der Waals surface area (Å²) in [6, 6.07) is 12.7. The van der Waals surface area contributed by atoms with Gasteiger partial charge in [0, 0.05) is 10.3 Å². The monoisotopic (exact) mass is 286 g/mol. The summed E-state index contributed by atoms with van der Waals surface area (Å²) < 4.78 is 13.9. The van der Waals surface area contributed by atoms with Gasteiger partial charge in [0.2, 0.25) is 0 Å². The summed E-state index contributed by atoms with van der Waals surface area (Å²) in [5.41, 5.74) is 5.04. The number of aryl methyl sites for hydroxylation is 1. The Kier molecular flexibility index (Phi) is 3.53. The van der Waals surface area contributed by atoms with E-state index in [0.29, 0.717) is 5.39 Å². The summed E-state index contributed by atoms with van der Waals surface area (Å²) in [5, 5.41) is 3.56. The maximum absolute atomic E-state index is 13.9. The number of thiophene rings is 1. The standard InChI is InChI=1S/C16H15FN2S/c1-10-8-9-20-16(10)15(19-18)13-6-7-14(17)12-5-3-2-4-11(12)13/h2-9,15,19H,18H2,1H3. The number of hydrogen-bond acceptors (Lipinski definition) is 3. The smallest absolute Gasteiger partial charge is 0.131 e. The second-order valence-corrected chi connectivity index (χ2v) is 5.70. The quantitative estimate of drug-likeness (QED) is 0.566. The molecule has 0 aliphatic heterocycles. The molecule has 0 bridgehead atoms. The van der Waals surface area contributed by atoms with E-state index in [0.717, 1.165) is 15.8 Å².